The standard InChI is InChI=1S/C45H54F2N10O6S2/c1-7-48-42-50-21(3)33(39(56-42)57-45(61)16-15-26(37(45)60)44(5,46)47)40-53-27-17-24(13-14-30(27)64-40)63-36-25(22(4)58)18-28(35(36)59)52-38-32(20(2)51-43(55-38)49-19-23-11-12-23)41-54-34-29(62-6)9-8-10-31(34)65-41/h8-10,13-14,17,22-23,25-26,28,35-37,58-61H,7,11-12,15-16,18-19H2,1-6H3,(H2,48,50,56,57)(H2,49,51,52,55). The van der Waals surface area contributed by atoms with Crippen molar-refractivity contribution < 1.29 is 38.7 Å². The van der Waals surface area contributed by atoms with Crippen molar-refractivity contribution in [3.8, 4) is 32.6 Å². The molecule has 0 amide bonds. The van der Waals surface area contributed by atoms with Crippen molar-refractivity contribution in [2.24, 2.45) is 17.8 Å². The van der Waals surface area contributed by atoms with E-state index in [0.29, 0.717) is 80.2 Å². The Morgan fingerprint density at radius 2 is 1.60 bits per heavy atom. The first-order valence-corrected chi connectivity index (χ1v) is 23.6. The molecule has 6 aromatic rings. The molecule has 8 unspecified atom stereocenters. The van der Waals surface area contributed by atoms with Gasteiger partial charge in [0.25, 0.3) is 5.92 Å². The molecule has 20 heteroatoms. The number of thiazole rings is 2. The summed E-state index contributed by atoms with van der Waals surface area (Å²) in [5.74, 6) is -2.10. The van der Waals surface area contributed by atoms with E-state index in [9.17, 15) is 29.2 Å². The Morgan fingerprint density at radius 1 is 0.908 bits per heavy atom. The van der Waals surface area contributed by atoms with E-state index in [1.807, 2.05) is 38.1 Å². The Balaban J connectivity index is 0.998. The highest BCUT2D eigenvalue weighted by Gasteiger charge is 2.55. The molecule has 16 nitrogen and oxygen atoms in total. The number of nitrogens with one attached hydrogen (secondary N) is 4. The van der Waals surface area contributed by atoms with Gasteiger partial charge in [-0.05, 0) is 96.9 Å². The Morgan fingerprint density at radius 3 is 2.28 bits per heavy atom. The third kappa shape index (κ3) is 8.95. The normalized spacial score (nSPS) is 25.0. The van der Waals surface area contributed by atoms with Crippen molar-refractivity contribution in [2.45, 2.75) is 109 Å². The van der Waals surface area contributed by atoms with Gasteiger partial charge in [-0.25, -0.2) is 28.7 Å². The van der Waals surface area contributed by atoms with Gasteiger partial charge in [0, 0.05) is 25.1 Å². The number of hydrogen-bond acceptors (Lipinski definition) is 18. The van der Waals surface area contributed by atoms with Crippen molar-refractivity contribution in [3.05, 3.63) is 47.8 Å². The number of nitrogens with zero attached hydrogens (tertiary/aromatic N) is 6. The molecule has 8 N–H and O–H groups in total. The highest BCUT2D eigenvalue weighted by atomic mass is 32.1. The minimum Gasteiger partial charge on any atom is -0.494 e. The van der Waals surface area contributed by atoms with Crippen molar-refractivity contribution in [2.75, 3.05) is 41.5 Å². The molecule has 0 radical (unpaired) electrons. The van der Waals surface area contributed by atoms with Crippen LogP contribution in [0.15, 0.2) is 36.4 Å². The van der Waals surface area contributed by atoms with E-state index in [2.05, 4.69) is 31.2 Å². The predicted molar refractivity (Wildman–Crippen MR) is 248 cm³/mol. The van der Waals surface area contributed by atoms with Gasteiger partial charge in [-0.3, -0.25) is 0 Å². The maximum atomic E-state index is 14.4. The van der Waals surface area contributed by atoms with Crippen LogP contribution >= 0.6 is 22.7 Å². The molecule has 0 bridgehead atoms. The molecule has 3 aliphatic rings. The number of rotatable bonds is 16. The number of aryl methyl sites for hydroxylation is 2. The lowest BCUT2D eigenvalue weighted by Crippen LogP contribution is -2.50. The molecule has 0 saturated heterocycles. The van der Waals surface area contributed by atoms with Crippen molar-refractivity contribution >= 4 is 66.6 Å². The Labute approximate surface area is 382 Å². The highest BCUT2D eigenvalue weighted by Crippen LogP contribution is 2.46. The first kappa shape index (κ1) is 45.1. The number of aliphatic hydroxyl groups excluding tert-OH is 3. The molecular formula is C45H54F2N10O6S2. The van der Waals surface area contributed by atoms with Crippen LogP contribution in [-0.4, -0.2) is 113 Å². The van der Waals surface area contributed by atoms with Gasteiger partial charge in [0.15, 0.2) is 5.72 Å². The number of anilines is 4. The molecular weight excluding hydrogens is 879 g/mol. The maximum Gasteiger partial charge on any atom is 0.250 e. The lowest BCUT2D eigenvalue weighted by atomic mass is 9.97. The zero-order valence-corrected chi connectivity index (χ0v) is 38.5. The van der Waals surface area contributed by atoms with Crippen LogP contribution in [0.2, 0.25) is 0 Å². The largest absolute Gasteiger partial charge is 0.494 e. The second kappa shape index (κ2) is 17.6. The topological polar surface area (TPSA) is 225 Å². The maximum absolute atomic E-state index is 14.4. The zero-order chi connectivity index (χ0) is 45.9. The number of para-hydroxylation sites is 1. The third-order valence-corrected chi connectivity index (χ3v) is 14.8. The van der Waals surface area contributed by atoms with Crippen molar-refractivity contribution in [3.63, 3.8) is 0 Å². The summed E-state index contributed by atoms with van der Waals surface area (Å²) in [5.41, 5.74) is 1.57. The summed E-state index contributed by atoms with van der Waals surface area (Å²) < 4.78 is 42.7. The number of methoxy groups -OCH3 is 1. The van der Waals surface area contributed by atoms with Crippen LogP contribution < -0.4 is 30.7 Å². The average Bonchev–Trinajstić information content (AvgIpc) is 3.52. The molecule has 0 aliphatic heterocycles. The molecule has 3 fully saturated rings. The number of benzene rings is 2. The van der Waals surface area contributed by atoms with Crippen molar-refractivity contribution in [1.82, 2.24) is 29.9 Å². The van der Waals surface area contributed by atoms with E-state index in [4.69, 9.17) is 29.4 Å². The Bertz CT molecular complexity index is 2710. The van der Waals surface area contributed by atoms with E-state index in [0.717, 1.165) is 41.2 Å². The molecule has 65 heavy (non-hydrogen) atoms. The molecule has 9 rings (SSSR count). The second-order valence-electron chi connectivity index (χ2n) is 17.6. The van der Waals surface area contributed by atoms with Gasteiger partial charge in [-0.1, -0.05) is 6.07 Å². The number of ether oxygens (including phenoxy) is 2. The first-order valence-electron chi connectivity index (χ1n) is 22.0. The summed E-state index contributed by atoms with van der Waals surface area (Å²) in [6.45, 7) is 9.25. The molecule has 0 spiro atoms. The van der Waals surface area contributed by atoms with Crippen LogP contribution in [0.5, 0.6) is 11.5 Å². The molecule has 4 heterocycles. The predicted octanol–water partition coefficient (Wildman–Crippen LogP) is 7.22. The summed E-state index contributed by atoms with van der Waals surface area (Å²) >= 11 is 2.83. The molecule has 4 aromatic heterocycles. The molecule has 8 atom stereocenters. The summed E-state index contributed by atoms with van der Waals surface area (Å²) in [6.07, 6.45) is -2.03. The third-order valence-electron chi connectivity index (χ3n) is 12.8. The van der Waals surface area contributed by atoms with Gasteiger partial charge in [-0.15, -0.1) is 22.7 Å². The van der Waals surface area contributed by atoms with Gasteiger partial charge >= 0.3 is 0 Å². The van der Waals surface area contributed by atoms with Gasteiger partial charge < -0.3 is 51.2 Å². The van der Waals surface area contributed by atoms with Crippen LogP contribution in [0.3, 0.4) is 0 Å². The minimum absolute atomic E-state index is 0.0970. The lowest BCUT2D eigenvalue weighted by Gasteiger charge is -2.32. The van der Waals surface area contributed by atoms with E-state index >= 15 is 0 Å². The minimum atomic E-state index is -3.21. The monoisotopic (exact) mass is 932 g/mol. The zero-order valence-electron chi connectivity index (χ0n) is 36.9. The Hall–Kier alpha value is -5.12. The summed E-state index contributed by atoms with van der Waals surface area (Å²) in [4.78, 5) is 28.8. The fourth-order valence-electron chi connectivity index (χ4n) is 9.05. The molecule has 346 valence electrons. The van der Waals surface area contributed by atoms with E-state index in [-0.39, 0.29) is 24.6 Å². The van der Waals surface area contributed by atoms with Gasteiger partial charge in [-0.2, -0.15) is 9.97 Å². The average molecular weight is 933 g/mol. The number of alkyl halides is 2. The van der Waals surface area contributed by atoms with Gasteiger partial charge in [0.05, 0.1) is 62.6 Å². The summed E-state index contributed by atoms with van der Waals surface area (Å²) in [6, 6.07) is 10.6. The van der Waals surface area contributed by atoms with Crippen LogP contribution in [-0.2, 0) is 0 Å². The summed E-state index contributed by atoms with van der Waals surface area (Å²) in [7, 11) is 1.62. The summed E-state index contributed by atoms with van der Waals surface area (Å²) in [5, 5.41) is 59.7. The van der Waals surface area contributed by atoms with Crippen LogP contribution in [0.1, 0.15) is 64.3 Å². The smallest absolute Gasteiger partial charge is 0.250 e. The Kier molecular flexibility index (Phi) is 12.2. The van der Waals surface area contributed by atoms with Crippen molar-refractivity contribution in [1.29, 1.82) is 0 Å². The van der Waals surface area contributed by atoms with E-state index < -0.39 is 53.9 Å². The molecule has 3 saturated carbocycles. The number of halogens is 2. The lowest BCUT2D eigenvalue weighted by molar-refractivity contribution is -0.117. The van der Waals surface area contributed by atoms with Crippen LogP contribution in [0.4, 0.5) is 32.3 Å². The highest BCUT2D eigenvalue weighted by molar-refractivity contribution is 7.22. The number of fused-ring (bicyclic) bond motifs is 2. The quantitative estimate of drug-likeness (QED) is 0.0449. The molecule has 3 aliphatic carbocycles. The fourth-order valence-corrected chi connectivity index (χ4v) is 11.2. The van der Waals surface area contributed by atoms with Gasteiger partial charge in [0.1, 0.15) is 57.0 Å². The number of aromatic nitrogens is 6. The van der Waals surface area contributed by atoms with Crippen LogP contribution in [0, 0.1) is 31.6 Å². The fraction of sp³-hybridized carbons (Fsp3) is 0.511. The molecule has 2 aromatic carbocycles. The van der Waals surface area contributed by atoms with Crippen LogP contribution in [0.25, 0.3) is 41.6 Å². The first-order chi connectivity index (χ1) is 31.0. The SMILES string of the molecule is CCNc1nc(C)c(-c2nc3cc(OC4C(O)C(Nc5nc(NCC6CC6)nc(C)c5-c5nc6c(OC)cccc6s5)CC4C(C)O)ccc3s2)c(NC2(O)CCC(C(C)(F)F)C2O)n1. The van der Waals surface area contributed by atoms with E-state index in [1.165, 1.54) is 22.7 Å². The number of aliphatic hydroxyl groups is 4. The van der Waals surface area contributed by atoms with E-state index in [1.54, 1.807) is 33.1 Å². The van der Waals surface area contributed by atoms with Gasteiger partial charge in [0.2, 0.25) is 11.9 Å². The second-order valence-corrected chi connectivity index (χ2v) is 19.7. The number of hydrogen-bond donors (Lipinski definition) is 8.